The molecule has 0 unspecified atom stereocenters. The topological polar surface area (TPSA) is 40.5 Å². The number of hydrogen-bond donors (Lipinski definition) is 1. The van der Waals surface area contributed by atoms with Gasteiger partial charge in [-0.2, -0.15) is 0 Å². The Kier molecular flexibility index (Phi) is 5.12. The molecule has 2 rings (SSSR count). The Balaban J connectivity index is 2.26. The van der Waals surface area contributed by atoms with E-state index in [1.54, 1.807) is 6.92 Å². The molecule has 0 radical (unpaired) electrons. The van der Waals surface area contributed by atoms with Gasteiger partial charge in [0.1, 0.15) is 6.04 Å². The van der Waals surface area contributed by atoms with Crippen LogP contribution in [0.4, 0.5) is 0 Å². The predicted molar refractivity (Wildman–Crippen MR) is 83.9 cm³/mol. The zero-order valence-electron chi connectivity index (χ0n) is 12.4. The first-order valence-corrected chi connectivity index (χ1v) is 7.17. The lowest BCUT2D eigenvalue weighted by atomic mass is 10.0. The summed E-state index contributed by atoms with van der Waals surface area (Å²) < 4.78 is 0. The molecule has 0 saturated heterocycles. The molecule has 0 aromatic heterocycles. The Morgan fingerprint density at radius 2 is 1.52 bits per heavy atom. The van der Waals surface area contributed by atoms with Crippen molar-refractivity contribution in [2.24, 2.45) is 0 Å². The van der Waals surface area contributed by atoms with Gasteiger partial charge in [-0.05, 0) is 25.0 Å². The van der Waals surface area contributed by atoms with Crippen molar-refractivity contribution in [1.82, 2.24) is 4.90 Å². The van der Waals surface area contributed by atoms with E-state index in [1.807, 2.05) is 65.6 Å². The number of carbonyl (C=O) groups is 1. The van der Waals surface area contributed by atoms with Crippen molar-refractivity contribution in [3.8, 4) is 0 Å². The molecule has 0 amide bonds. The van der Waals surface area contributed by atoms with E-state index in [1.165, 1.54) is 0 Å². The highest BCUT2D eigenvalue weighted by molar-refractivity contribution is 5.73. The Morgan fingerprint density at radius 1 is 1.00 bits per heavy atom. The molecule has 3 heteroatoms. The number of carboxylic acids is 1. The minimum atomic E-state index is -0.797. The molecule has 0 saturated carbocycles. The first kappa shape index (κ1) is 15.3. The molecule has 3 nitrogen and oxygen atoms in total. The third-order valence-corrected chi connectivity index (χ3v) is 3.84. The van der Waals surface area contributed by atoms with E-state index < -0.39 is 12.0 Å². The monoisotopic (exact) mass is 283 g/mol. The molecule has 110 valence electrons. The minimum Gasteiger partial charge on any atom is -0.480 e. The van der Waals surface area contributed by atoms with Crippen LogP contribution in [0.1, 0.15) is 31.0 Å². The molecule has 0 heterocycles. The lowest BCUT2D eigenvalue weighted by Crippen LogP contribution is -2.40. The van der Waals surface area contributed by atoms with Gasteiger partial charge in [-0.15, -0.1) is 0 Å². The van der Waals surface area contributed by atoms with Crippen LogP contribution in [0.5, 0.6) is 0 Å². The number of rotatable bonds is 6. The maximum absolute atomic E-state index is 11.4. The summed E-state index contributed by atoms with van der Waals surface area (Å²) in [5.41, 5.74) is 2.25. The van der Waals surface area contributed by atoms with Gasteiger partial charge in [-0.25, -0.2) is 0 Å². The second kappa shape index (κ2) is 7.04. The van der Waals surface area contributed by atoms with Gasteiger partial charge in [0.2, 0.25) is 0 Å². The number of carboxylic acid groups (broad SMARTS) is 1. The van der Waals surface area contributed by atoms with E-state index >= 15 is 0 Å². The lowest BCUT2D eigenvalue weighted by Gasteiger charge is -2.32. The SMILES string of the molecule is C[C@H](C(=O)O)N(Cc1ccccc1)[C@H](C)c1ccccc1. The first-order chi connectivity index (χ1) is 10.1. The van der Waals surface area contributed by atoms with Gasteiger partial charge in [0.15, 0.2) is 0 Å². The van der Waals surface area contributed by atoms with Crippen LogP contribution in [0.3, 0.4) is 0 Å². The average molecular weight is 283 g/mol. The zero-order valence-corrected chi connectivity index (χ0v) is 12.4. The third kappa shape index (κ3) is 3.92. The summed E-state index contributed by atoms with van der Waals surface area (Å²) in [6.07, 6.45) is 0. The first-order valence-electron chi connectivity index (χ1n) is 7.17. The van der Waals surface area contributed by atoms with Gasteiger partial charge in [0.25, 0.3) is 0 Å². The Labute approximate surface area is 125 Å². The standard InChI is InChI=1S/C18H21NO2/c1-14(17-11-7-4-8-12-17)19(15(2)18(20)21)13-16-9-5-3-6-10-16/h3-12,14-15H,13H2,1-2H3,(H,20,21)/t14-,15-/m1/s1. The molecule has 2 aromatic carbocycles. The van der Waals surface area contributed by atoms with Crippen LogP contribution >= 0.6 is 0 Å². The fraction of sp³-hybridized carbons (Fsp3) is 0.278. The summed E-state index contributed by atoms with van der Waals surface area (Å²) in [7, 11) is 0. The maximum Gasteiger partial charge on any atom is 0.320 e. The smallest absolute Gasteiger partial charge is 0.320 e. The van der Waals surface area contributed by atoms with Crippen LogP contribution in [0.2, 0.25) is 0 Å². The second-order valence-corrected chi connectivity index (χ2v) is 5.26. The van der Waals surface area contributed by atoms with Crippen LogP contribution in [-0.2, 0) is 11.3 Å². The van der Waals surface area contributed by atoms with Gasteiger partial charge in [-0.3, -0.25) is 9.69 Å². The third-order valence-electron chi connectivity index (χ3n) is 3.84. The highest BCUT2D eigenvalue weighted by Gasteiger charge is 2.26. The summed E-state index contributed by atoms with van der Waals surface area (Å²) in [5.74, 6) is -0.797. The molecule has 0 aliphatic rings. The van der Waals surface area contributed by atoms with Crippen molar-refractivity contribution >= 4 is 5.97 Å². The molecule has 0 aliphatic carbocycles. The highest BCUT2D eigenvalue weighted by Crippen LogP contribution is 2.24. The Hall–Kier alpha value is -2.13. The van der Waals surface area contributed by atoms with E-state index in [-0.39, 0.29) is 6.04 Å². The number of nitrogens with zero attached hydrogens (tertiary/aromatic N) is 1. The van der Waals surface area contributed by atoms with E-state index in [2.05, 4.69) is 6.92 Å². The molecule has 0 bridgehead atoms. The van der Waals surface area contributed by atoms with E-state index in [4.69, 9.17) is 0 Å². The molecule has 0 fully saturated rings. The maximum atomic E-state index is 11.4. The highest BCUT2D eigenvalue weighted by atomic mass is 16.4. The van der Waals surface area contributed by atoms with Gasteiger partial charge in [0.05, 0.1) is 0 Å². The normalized spacial score (nSPS) is 13.9. The Bertz CT molecular complexity index is 568. The number of benzene rings is 2. The van der Waals surface area contributed by atoms with Crippen LogP contribution in [-0.4, -0.2) is 22.0 Å². The molecular formula is C18H21NO2. The minimum absolute atomic E-state index is 0.0394. The second-order valence-electron chi connectivity index (χ2n) is 5.26. The van der Waals surface area contributed by atoms with E-state index in [0.29, 0.717) is 6.54 Å². The van der Waals surface area contributed by atoms with Crippen molar-refractivity contribution in [1.29, 1.82) is 0 Å². The van der Waals surface area contributed by atoms with Gasteiger partial charge >= 0.3 is 5.97 Å². The number of aliphatic carboxylic acids is 1. The van der Waals surface area contributed by atoms with Gasteiger partial charge < -0.3 is 5.11 Å². The van der Waals surface area contributed by atoms with Crippen molar-refractivity contribution in [2.45, 2.75) is 32.5 Å². The van der Waals surface area contributed by atoms with Crippen molar-refractivity contribution in [3.63, 3.8) is 0 Å². The molecular weight excluding hydrogens is 262 g/mol. The molecule has 0 spiro atoms. The van der Waals surface area contributed by atoms with E-state index in [9.17, 15) is 9.90 Å². The van der Waals surface area contributed by atoms with Crippen LogP contribution in [0, 0.1) is 0 Å². The predicted octanol–water partition coefficient (Wildman–Crippen LogP) is 3.72. The van der Waals surface area contributed by atoms with Gasteiger partial charge in [-0.1, -0.05) is 60.7 Å². The molecule has 1 N–H and O–H groups in total. The summed E-state index contributed by atoms with van der Waals surface area (Å²) in [5, 5.41) is 9.38. The lowest BCUT2D eigenvalue weighted by molar-refractivity contribution is -0.143. The summed E-state index contributed by atoms with van der Waals surface area (Å²) >= 11 is 0. The molecule has 0 aliphatic heterocycles. The zero-order chi connectivity index (χ0) is 15.2. The van der Waals surface area contributed by atoms with Crippen molar-refractivity contribution in [2.75, 3.05) is 0 Å². The van der Waals surface area contributed by atoms with Crippen LogP contribution in [0.15, 0.2) is 60.7 Å². The summed E-state index contributed by atoms with van der Waals surface area (Å²) in [4.78, 5) is 13.4. The fourth-order valence-electron chi connectivity index (χ4n) is 2.47. The fourth-order valence-corrected chi connectivity index (χ4v) is 2.47. The van der Waals surface area contributed by atoms with Crippen LogP contribution < -0.4 is 0 Å². The molecule has 21 heavy (non-hydrogen) atoms. The van der Waals surface area contributed by atoms with Crippen molar-refractivity contribution < 1.29 is 9.90 Å². The largest absolute Gasteiger partial charge is 0.480 e. The molecule has 2 atom stereocenters. The van der Waals surface area contributed by atoms with E-state index in [0.717, 1.165) is 11.1 Å². The summed E-state index contributed by atoms with van der Waals surface area (Å²) in [6.45, 7) is 4.41. The number of hydrogen-bond acceptors (Lipinski definition) is 2. The Morgan fingerprint density at radius 3 is 2.05 bits per heavy atom. The van der Waals surface area contributed by atoms with Crippen LogP contribution in [0.25, 0.3) is 0 Å². The molecule has 2 aromatic rings. The van der Waals surface area contributed by atoms with Gasteiger partial charge in [0, 0.05) is 12.6 Å². The quantitative estimate of drug-likeness (QED) is 0.878. The van der Waals surface area contributed by atoms with Crippen molar-refractivity contribution in [3.05, 3.63) is 71.8 Å². The average Bonchev–Trinajstić information content (AvgIpc) is 2.53. The summed E-state index contributed by atoms with van der Waals surface area (Å²) in [6, 6.07) is 19.5.